The molecule has 0 fully saturated rings. The smallest absolute Gasteiger partial charge is 0.291 e. The minimum absolute atomic E-state index is 0.0138. The van der Waals surface area contributed by atoms with E-state index in [-0.39, 0.29) is 52.9 Å². The molecule has 278 valence electrons. The molecule has 0 saturated carbocycles. The lowest BCUT2D eigenvalue weighted by Crippen LogP contribution is -2.07. The molecule has 0 spiro atoms. The highest BCUT2D eigenvalue weighted by Gasteiger charge is 2.36. The van der Waals surface area contributed by atoms with Gasteiger partial charge in [-0.2, -0.15) is 41.8 Å². The lowest BCUT2D eigenvalue weighted by atomic mass is 10.1. The highest BCUT2D eigenvalue weighted by Crippen LogP contribution is 2.30. The Morgan fingerprint density at radius 1 is 0.655 bits per heavy atom. The number of halogens is 9. The number of nitrogens with one attached hydrogen (secondary N) is 2. The molecule has 22 heteroatoms. The first-order valence-electron chi connectivity index (χ1n) is 15.5. The number of fused-ring (bicyclic) bond motifs is 2. The fraction of sp³-hybridized carbons (Fsp3) is 0.121. The zero-order chi connectivity index (χ0) is 39.1. The summed E-state index contributed by atoms with van der Waals surface area (Å²) in [6, 6.07) is 14.2. The number of H-pyrrole nitrogens is 2. The predicted molar refractivity (Wildman–Crippen MR) is 183 cm³/mol. The Bertz CT molecular complexity index is 2720. The largest absolute Gasteiger partial charge is 0.451 e. The third-order valence-electron chi connectivity index (χ3n) is 7.79. The Balaban J connectivity index is 0.000000169. The highest BCUT2D eigenvalue weighted by atomic mass is 127. The van der Waals surface area contributed by atoms with Crippen LogP contribution in [0.5, 0.6) is 0 Å². The number of alkyl halides is 6. The van der Waals surface area contributed by atoms with Crippen molar-refractivity contribution in [3.63, 3.8) is 0 Å². The Morgan fingerprint density at radius 3 is 1.56 bits per heavy atom. The van der Waals surface area contributed by atoms with Crippen molar-refractivity contribution in [1.29, 1.82) is 5.26 Å². The molecule has 0 amide bonds. The van der Waals surface area contributed by atoms with E-state index in [1.165, 1.54) is 41.2 Å². The van der Waals surface area contributed by atoms with Crippen LogP contribution < -0.4 is 0 Å². The van der Waals surface area contributed by atoms with E-state index in [2.05, 4.69) is 40.1 Å². The summed E-state index contributed by atoms with van der Waals surface area (Å²) in [5, 5.41) is 20.1. The molecule has 2 aromatic carbocycles. The number of aromatic amines is 2. The first-order valence-corrected chi connectivity index (χ1v) is 16.5. The summed E-state index contributed by atoms with van der Waals surface area (Å²) in [7, 11) is 0. The van der Waals surface area contributed by atoms with Crippen LogP contribution in [0.25, 0.3) is 34.3 Å². The van der Waals surface area contributed by atoms with E-state index in [1.807, 2.05) is 38.9 Å². The summed E-state index contributed by atoms with van der Waals surface area (Å²) in [4.78, 5) is 23.9. The summed E-state index contributed by atoms with van der Waals surface area (Å²) in [5.41, 5.74) is 2.40. The predicted octanol–water partition coefficient (Wildman–Crippen LogP) is 7.00. The van der Waals surface area contributed by atoms with Crippen LogP contribution >= 0.6 is 22.6 Å². The maximum absolute atomic E-state index is 14.0. The molecule has 8 aromatic rings. The van der Waals surface area contributed by atoms with Gasteiger partial charge < -0.3 is 0 Å². The number of rotatable bonds is 6. The summed E-state index contributed by atoms with van der Waals surface area (Å²) >= 11 is 2.03. The summed E-state index contributed by atoms with van der Waals surface area (Å²) in [5.74, 6) is -3.86. The van der Waals surface area contributed by atoms with E-state index in [9.17, 15) is 40.4 Å². The monoisotopic (exact) mass is 875 g/mol. The van der Waals surface area contributed by atoms with Gasteiger partial charge in [-0.25, -0.2) is 38.7 Å². The molecule has 6 aromatic heterocycles. The van der Waals surface area contributed by atoms with E-state index >= 15 is 0 Å². The Labute approximate surface area is 315 Å². The molecule has 0 aliphatic carbocycles. The van der Waals surface area contributed by atoms with Gasteiger partial charge in [-0.1, -0.05) is 36.4 Å². The molecular weight excluding hydrogens is 857 g/mol. The van der Waals surface area contributed by atoms with Crippen LogP contribution in [0.3, 0.4) is 0 Å². The number of hydrogen-bond donors (Lipinski definition) is 2. The maximum atomic E-state index is 14.0. The molecule has 0 atom stereocenters. The van der Waals surface area contributed by atoms with E-state index in [4.69, 9.17) is 0 Å². The second kappa shape index (κ2) is 14.5. The van der Waals surface area contributed by atoms with Gasteiger partial charge in [0, 0.05) is 25.2 Å². The number of nitriles is 1. The molecule has 0 unspecified atom stereocenters. The molecule has 0 bridgehead atoms. The highest BCUT2D eigenvalue weighted by molar-refractivity contribution is 14.1. The van der Waals surface area contributed by atoms with Gasteiger partial charge in [0.15, 0.2) is 11.3 Å². The molecule has 8 rings (SSSR count). The third-order valence-corrected chi connectivity index (χ3v) is 8.59. The van der Waals surface area contributed by atoms with Gasteiger partial charge >= 0.3 is 12.4 Å². The zero-order valence-corrected chi connectivity index (χ0v) is 29.3. The van der Waals surface area contributed by atoms with Crippen LogP contribution in [0.2, 0.25) is 0 Å². The lowest BCUT2D eigenvalue weighted by molar-refractivity contribution is -0.145. The molecule has 0 aliphatic rings. The first kappa shape index (κ1) is 37.0. The Morgan fingerprint density at radius 2 is 1.11 bits per heavy atom. The maximum Gasteiger partial charge on any atom is 0.451 e. The first-order chi connectivity index (χ1) is 26.2. The Hall–Kier alpha value is -6.38. The molecule has 6 heterocycles. The quantitative estimate of drug-likeness (QED) is 0.132. The van der Waals surface area contributed by atoms with Crippen LogP contribution in [0.1, 0.15) is 39.9 Å². The lowest BCUT2D eigenvalue weighted by Gasteiger charge is -2.07. The number of benzene rings is 2. The fourth-order valence-electron chi connectivity index (χ4n) is 5.26. The normalized spacial score (nSPS) is 11.9. The topological polar surface area (TPSA) is 167 Å². The van der Waals surface area contributed by atoms with E-state index in [0.29, 0.717) is 26.2 Å². The van der Waals surface area contributed by atoms with Crippen LogP contribution in [-0.2, 0) is 25.2 Å². The van der Waals surface area contributed by atoms with Gasteiger partial charge in [0.1, 0.15) is 38.5 Å². The van der Waals surface area contributed by atoms with Crippen LogP contribution in [-0.4, -0.2) is 59.1 Å². The van der Waals surface area contributed by atoms with Crippen LogP contribution in [0.4, 0.5) is 35.1 Å². The van der Waals surface area contributed by atoms with Gasteiger partial charge in [0.05, 0.1) is 23.8 Å². The zero-order valence-electron chi connectivity index (χ0n) is 27.2. The van der Waals surface area contributed by atoms with Gasteiger partial charge in [-0.3, -0.25) is 19.0 Å². The molecular formula is C33H18F8IN13. The van der Waals surface area contributed by atoms with Gasteiger partial charge in [0.2, 0.25) is 23.3 Å². The number of nitrogens with zero attached hydrogens (tertiary/aromatic N) is 11. The average Bonchev–Trinajstić information content (AvgIpc) is 3.97. The van der Waals surface area contributed by atoms with Crippen molar-refractivity contribution in [2.75, 3.05) is 0 Å². The van der Waals surface area contributed by atoms with Crippen LogP contribution in [0.15, 0.2) is 73.3 Å². The van der Waals surface area contributed by atoms with Crippen molar-refractivity contribution in [2.24, 2.45) is 0 Å². The summed E-state index contributed by atoms with van der Waals surface area (Å²) < 4.78 is 109. The van der Waals surface area contributed by atoms with Crippen molar-refractivity contribution in [1.82, 2.24) is 59.1 Å². The molecule has 13 nitrogen and oxygen atoms in total. The Kier molecular flexibility index (Phi) is 9.71. The SMILES string of the molecule is Fc1ccccc1Cc1nc(-c2n[nH]c(C(F)(F)F)n2)cn2c(I)cnc12.N#Cc1cnc2c(Cc3ccccc3F)nc(-c3n[nH]c(C(F)(F)F)n3)cn12. The minimum atomic E-state index is -4.70. The van der Waals surface area contributed by atoms with E-state index in [0.717, 1.165) is 0 Å². The molecule has 2 N–H and O–H groups in total. The van der Waals surface area contributed by atoms with Crippen molar-refractivity contribution in [3.05, 3.63) is 129 Å². The third kappa shape index (κ3) is 7.68. The number of aromatic nitrogens is 12. The number of imidazole rings is 2. The second-order valence-corrected chi connectivity index (χ2v) is 12.5. The fourth-order valence-corrected chi connectivity index (χ4v) is 5.77. The molecule has 55 heavy (non-hydrogen) atoms. The molecule has 0 saturated heterocycles. The summed E-state index contributed by atoms with van der Waals surface area (Å²) in [6.07, 6.45) is -3.51. The van der Waals surface area contributed by atoms with Crippen molar-refractivity contribution in [2.45, 2.75) is 25.2 Å². The van der Waals surface area contributed by atoms with Gasteiger partial charge in [0.25, 0.3) is 0 Å². The molecule has 0 aliphatic heterocycles. The van der Waals surface area contributed by atoms with Crippen molar-refractivity contribution >= 4 is 33.9 Å². The van der Waals surface area contributed by atoms with Gasteiger partial charge in [-0.05, 0) is 45.9 Å². The van der Waals surface area contributed by atoms with Crippen molar-refractivity contribution < 1.29 is 35.1 Å². The second-order valence-electron chi connectivity index (χ2n) is 11.4. The van der Waals surface area contributed by atoms with E-state index in [1.54, 1.807) is 40.9 Å². The number of hydrogen-bond acceptors (Lipinski definition) is 9. The van der Waals surface area contributed by atoms with Gasteiger partial charge in [-0.15, -0.1) is 0 Å². The van der Waals surface area contributed by atoms with Crippen molar-refractivity contribution in [3.8, 4) is 29.1 Å². The minimum Gasteiger partial charge on any atom is -0.291 e. The average molecular weight is 875 g/mol. The van der Waals surface area contributed by atoms with Crippen LogP contribution in [0, 0.1) is 26.7 Å². The molecule has 0 radical (unpaired) electrons. The standard InChI is InChI=1S/C17H9F4N7.C16H9F4IN6/c18-11-4-2-1-3-9(11)5-12-15-23-7-10(6-22)28(15)8-13(24-12)14-25-16(27-26-14)17(19,20)21;17-9-4-2-1-3-8(9)5-10-14-22-6-12(21)27(14)7-11(23-10)13-24-15(26-25-13)16(18,19)20/h1-4,7-8H,5H2,(H,25,26,27);1-4,6-7H,5H2,(H,24,25,26). The van der Waals surface area contributed by atoms with E-state index < -0.39 is 35.6 Å². The summed E-state index contributed by atoms with van der Waals surface area (Å²) in [6.45, 7) is 0.